The van der Waals surface area contributed by atoms with Gasteiger partial charge in [-0.15, -0.1) is 0 Å². The number of anilines is 1. The lowest BCUT2D eigenvalue weighted by Gasteiger charge is -2.17. The van der Waals surface area contributed by atoms with Crippen LogP contribution in [0.2, 0.25) is 0 Å². The Kier molecular flexibility index (Phi) is 5.49. The van der Waals surface area contributed by atoms with Gasteiger partial charge < -0.3 is 10.6 Å². The van der Waals surface area contributed by atoms with Crippen molar-refractivity contribution in [3.8, 4) is 6.07 Å². The molecule has 0 radical (unpaired) electrons. The molecule has 142 valence electrons. The van der Waals surface area contributed by atoms with Gasteiger partial charge in [0, 0.05) is 18.1 Å². The van der Waals surface area contributed by atoms with Gasteiger partial charge in [0.05, 0.1) is 6.07 Å². The van der Waals surface area contributed by atoms with Gasteiger partial charge in [-0.05, 0) is 32.0 Å². The second-order valence-electron chi connectivity index (χ2n) is 6.06. The molecule has 0 bridgehead atoms. The van der Waals surface area contributed by atoms with E-state index in [4.69, 9.17) is 5.26 Å². The van der Waals surface area contributed by atoms with Crippen molar-refractivity contribution in [2.75, 3.05) is 5.32 Å². The lowest BCUT2D eigenvalue weighted by molar-refractivity contribution is -0.142. The van der Waals surface area contributed by atoms with Crippen LogP contribution in [0.5, 0.6) is 0 Å². The quantitative estimate of drug-likeness (QED) is 0.825. The summed E-state index contributed by atoms with van der Waals surface area (Å²) in [6, 6.07) is 5.66. The fourth-order valence-corrected chi connectivity index (χ4v) is 2.02. The first-order valence-corrected chi connectivity index (χ1v) is 7.60. The molecule has 0 aliphatic rings. The number of amides is 2. The summed E-state index contributed by atoms with van der Waals surface area (Å²) in [4.78, 5) is 28.2. The monoisotopic (exact) mass is 380 g/mol. The Morgan fingerprint density at radius 1 is 1.22 bits per heavy atom. The van der Waals surface area contributed by atoms with Gasteiger partial charge in [-0.2, -0.15) is 23.5 Å². The van der Waals surface area contributed by atoms with Crippen LogP contribution in [0.15, 0.2) is 30.6 Å². The van der Waals surface area contributed by atoms with Crippen molar-refractivity contribution in [1.82, 2.24) is 20.1 Å². The van der Waals surface area contributed by atoms with E-state index in [0.717, 1.165) is 12.3 Å². The summed E-state index contributed by atoms with van der Waals surface area (Å²) in [6.45, 7) is 1.59. The number of carbonyl (C=O) groups excluding carboxylic acids is 2. The zero-order valence-electron chi connectivity index (χ0n) is 14.3. The Morgan fingerprint density at radius 2 is 1.93 bits per heavy atom. The summed E-state index contributed by atoms with van der Waals surface area (Å²) < 4.78 is 38.1. The molecule has 0 atom stereocenters. The van der Waals surface area contributed by atoms with E-state index in [1.54, 1.807) is 0 Å². The zero-order chi connectivity index (χ0) is 20.2. The summed E-state index contributed by atoms with van der Waals surface area (Å²) in [7, 11) is 0. The molecule has 2 rings (SSSR count). The average Bonchev–Trinajstić information content (AvgIpc) is 3.01. The van der Waals surface area contributed by atoms with Crippen molar-refractivity contribution in [1.29, 1.82) is 5.26 Å². The number of nitrogens with one attached hydrogen (secondary N) is 2. The predicted octanol–water partition coefficient (Wildman–Crippen LogP) is 2.12. The normalized spacial score (nSPS) is 11.6. The maximum atomic E-state index is 12.5. The standard InChI is InChI=1S/C16H15F3N6O2/c1-15(2,8-20)24-13(26)11-7-10(3-5-21-11)23-14(27)12-4-6-22-25(12)9-16(17,18)19/h3-7H,9H2,1-2H3,(H,24,26)(H,21,23,27). The van der Waals surface area contributed by atoms with Crippen molar-refractivity contribution in [2.45, 2.75) is 32.1 Å². The third kappa shape index (κ3) is 5.53. The number of halogens is 3. The number of nitriles is 1. The topological polar surface area (TPSA) is 113 Å². The molecule has 2 heterocycles. The van der Waals surface area contributed by atoms with E-state index >= 15 is 0 Å². The van der Waals surface area contributed by atoms with Crippen LogP contribution >= 0.6 is 0 Å². The highest BCUT2D eigenvalue weighted by atomic mass is 19.4. The molecular formula is C16H15F3N6O2. The molecule has 0 saturated carbocycles. The third-order valence-electron chi connectivity index (χ3n) is 3.23. The number of nitrogens with zero attached hydrogens (tertiary/aromatic N) is 4. The molecule has 0 fully saturated rings. The summed E-state index contributed by atoms with van der Waals surface area (Å²) >= 11 is 0. The van der Waals surface area contributed by atoms with E-state index < -0.39 is 30.1 Å². The van der Waals surface area contributed by atoms with Crippen molar-refractivity contribution in [3.05, 3.63) is 42.0 Å². The van der Waals surface area contributed by atoms with Gasteiger partial charge in [0.1, 0.15) is 23.5 Å². The number of alkyl halides is 3. The Labute approximate surface area is 152 Å². The smallest absolute Gasteiger partial charge is 0.333 e. The van der Waals surface area contributed by atoms with E-state index in [1.165, 1.54) is 32.2 Å². The number of carbonyl (C=O) groups is 2. The van der Waals surface area contributed by atoms with E-state index in [0.29, 0.717) is 4.68 Å². The van der Waals surface area contributed by atoms with Gasteiger partial charge in [0.25, 0.3) is 11.8 Å². The number of aromatic nitrogens is 3. The van der Waals surface area contributed by atoms with E-state index in [2.05, 4.69) is 20.7 Å². The molecule has 8 nitrogen and oxygen atoms in total. The van der Waals surface area contributed by atoms with Gasteiger partial charge >= 0.3 is 6.18 Å². The highest BCUT2D eigenvalue weighted by molar-refractivity contribution is 6.03. The van der Waals surface area contributed by atoms with Gasteiger partial charge in [0.2, 0.25) is 0 Å². The molecule has 0 aromatic carbocycles. The fourth-order valence-electron chi connectivity index (χ4n) is 2.02. The lowest BCUT2D eigenvalue weighted by atomic mass is 10.1. The van der Waals surface area contributed by atoms with E-state index in [9.17, 15) is 22.8 Å². The van der Waals surface area contributed by atoms with E-state index in [-0.39, 0.29) is 17.1 Å². The van der Waals surface area contributed by atoms with E-state index in [1.807, 2.05) is 6.07 Å². The second kappa shape index (κ2) is 7.45. The highest BCUT2D eigenvalue weighted by Gasteiger charge is 2.30. The van der Waals surface area contributed by atoms with Crippen LogP contribution in [0, 0.1) is 11.3 Å². The predicted molar refractivity (Wildman–Crippen MR) is 87.6 cm³/mol. The lowest BCUT2D eigenvalue weighted by Crippen LogP contribution is -2.42. The maximum Gasteiger partial charge on any atom is 0.408 e. The van der Waals surface area contributed by atoms with Gasteiger partial charge in [0.15, 0.2) is 0 Å². The van der Waals surface area contributed by atoms with Crippen molar-refractivity contribution in [2.24, 2.45) is 0 Å². The Balaban J connectivity index is 2.15. The first-order valence-electron chi connectivity index (χ1n) is 7.60. The Morgan fingerprint density at radius 3 is 2.56 bits per heavy atom. The minimum atomic E-state index is -4.53. The molecular weight excluding hydrogens is 365 g/mol. The molecule has 2 N–H and O–H groups in total. The molecule has 2 amide bonds. The molecule has 11 heteroatoms. The highest BCUT2D eigenvalue weighted by Crippen LogP contribution is 2.19. The van der Waals surface area contributed by atoms with Crippen LogP contribution in [-0.4, -0.2) is 38.3 Å². The number of pyridine rings is 1. The van der Waals surface area contributed by atoms with Crippen LogP contribution in [0.3, 0.4) is 0 Å². The zero-order valence-corrected chi connectivity index (χ0v) is 14.3. The van der Waals surface area contributed by atoms with Gasteiger partial charge in [-0.25, -0.2) is 0 Å². The fraction of sp³-hybridized carbons (Fsp3) is 0.312. The molecule has 0 saturated heterocycles. The minimum absolute atomic E-state index is 0.0695. The van der Waals surface area contributed by atoms with Crippen LogP contribution < -0.4 is 10.6 Å². The SMILES string of the molecule is CC(C)(C#N)NC(=O)c1cc(NC(=O)c2ccnn2CC(F)(F)F)ccn1. The number of rotatable bonds is 5. The molecule has 0 aliphatic carbocycles. The molecule has 0 spiro atoms. The average molecular weight is 380 g/mol. The second-order valence-corrected chi connectivity index (χ2v) is 6.06. The van der Waals surface area contributed by atoms with Crippen molar-refractivity contribution < 1.29 is 22.8 Å². The summed E-state index contributed by atoms with van der Waals surface area (Å²) in [6.07, 6.45) is -2.20. The number of hydrogen-bond acceptors (Lipinski definition) is 5. The van der Waals surface area contributed by atoms with Crippen molar-refractivity contribution >= 4 is 17.5 Å². The Bertz CT molecular complexity index is 898. The van der Waals surface area contributed by atoms with Crippen LogP contribution in [0.1, 0.15) is 34.8 Å². The summed E-state index contributed by atoms with van der Waals surface area (Å²) in [5.74, 6) is -1.47. The first-order chi connectivity index (χ1) is 12.5. The molecule has 0 unspecified atom stereocenters. The van der Waals surface area contributed by atoms with Crippen LogP contribution in [0.25, 0.3) is 0 Å². The maximum absolute atomic E-state index is 12.5. The molecule has 0 aliphatic heterocycles. The molecule has 27 heavy (non-hydrogen) atoms. The van der Waals surface area contributed by atoms with Crippen LogP contribution in [-0.2, 0) is 6.54 Å². The van der Waals surface area contributed by atoms with Crippen LogP contribution in [0.4, 0.5) is 18.9 Å². The van der Waals surface area contributed by atoms with Gasteiger partial charge in [-0.1, -0.05) is 0 Å². The van der Waals surface area contributed by atoms with Crippen molar-refractivity contribution in [3.63, 3.8) is 0 Å². The largest absolute Gasteiger partial charge is 0.408 e. The minimum Gasteiger partial charge on any atom is -0.333 e. The Hall–Kier alpha value is -3.42. The number of hydrogen-bond donors (Lipinski definition) is 2. The molecule has 2 aromatic rings. The third-order valence-corrected chi connectivity index (χ3v) is 3.23. The molecule has 2 aromatic heterocycles. The summed E-state index contributed by atoms with van der Waals surface area (Å²) in [5.41, 5.74) is -1.34. The summed E-state index contributed by atoms with van der Waals surface area (Å²) in [5, 5.41) is 17.3. The first kappa shape index (κ1) is 19.9. The van der Waals surface area contributed by atoms with Gasteiger partial charge in [-0.3, -0.25) is 19.3 Å².